The van der Waals surface area contributed by atoms with Crippen molar-refractivity contribution in [1.82, 2.24) is 19.5 Å². The van der Waals surface area contributed by atoms with Crippen molar-refractivity contribution in [1.29, 1.82) is 0 Å². The van der Waals surface area contributed by atoms with Crippen molar-refractivity contribution in [3.63, 3.8) is 0 Å². The van der Waals surface area contributed by atoms with Crippen molar-refractivity contribution in [2.45, 2.75) is 19.3 Å². The number of hydrogen-bond acceptors (Lipinski definition) is 4. The molecule has 11 aromatic carbocycles. The van der Waals surface area contributed by atoms with E-state index in [1.165, 1.54) is 80.3 Å². The van der Waals surface area contributed by atoms with Crippen LogP contribution in [0.1, 0.15) is 29.5 Å². The number of thiophene rings is 1. The molecule has 14 aromatic rings. The molecule has 0 aliphatic heterocycles. The van der Waals surface area contributed by atoms with Gasteiger partial charge < -0.3 is 4.57 Å². The van der Waals surface area contributed by atoms with Crippen molar-refractivity contribution in [3.8, 4) is 51.0 Å². The number of fused-ring (bicyclic) bond motifs is 13. The van der Waals surface area contributed by atoms with Gasteiger partial charge in [0.25, 0.3) is 0 Å². The van der Waals surface area contributed by atoms with E-state index >= 15 is 0 Å². The van der Waals surface area contributed by atoms with Crippen LogP contribution in [0, 0.1) is 5.92 Å². The maximum atomic E-state index is 5.65. The summed E-state index contributed by atoms with van der Waals surface area (Å²) in [5, 5.41) is 12.0. The Morgan fingerprint density at radius 1 is 0.417 bits per heavy atom. The van der Waals surface area contributed by atoms with Gasteiger partial charge in [-0.25, -0.2) is 15.0 Å². The number of rotatable bonds is 7. The van der Waals surface area contributed by atoms with Gasteiger partial charge in [0, 0.05) is 53.6 Å². The van der Waals surface area contributed by atoms with Gasteiger partial charge in [-0.05, 0) is 115 Å². The molecule has 0 N–H and O–H groups in total. The minimum atomic E-state index is 0.208. The number of hydrogen-bond donors (Lipinski definition) is 0. The quantitative estimate of drug-likeness (QED) is 0.160. The van der Waals surface area contributed by atoms with E-state index in [0.717, 1.165) is 50.6 Å². The second-order valence-electron chi connectivity index (χ2n) is 19.6. The lowest BCUT2D eigenvalue weighted by atomic mass is 9.81. The van der Waals surface area contributed by atoms with Crippen molar-refractivity contribution in [2.24, 2.45) is 5.92 Å². The highest BCUT2D eigenvalue weighted by molar-refractivity contribution is 7.25. The smallest absolute Gasteiger partial charge is 0.166 e. The van der Waals surface area contributed by atoms with Crippen molar-refractivity contribution >= 4 is 85.6 Å². The first-order valence-corrected chi connectivity index (χ1v) is 25.7. The molecule has 5 heteroatoms. The lowest BCUT2D eigenvalue weighted by Gasteiger charge is -2.22. The summed E-state index contributed by atoms with van der Waals surface area (Å²) in [5.74, 6) is 2.48. The first-order chi connectivity index (χ1) is 35.6. The first-order valence-electron chi connectivity index (χ1n) is 24.9. The molecule has 3 heterocycles. The molecule has 1 aliphatic carbocycles. The van der Waals surface area contributed by atoms with Gasteiger partial charge in [0.1, 0.15) is 0 Å². The first kappa shape index (κ1) is 41.1. The van der Waals surface area contributed by atoms with Gasteiger partial charge in [-0.2, -0.15) is 0 Å². The SMILES string of the molecule is CC(Cc1ccccc1)C1c2ccccc2-c2ccc(-c3nc(-c4cc5sc6ccccc6c5cc4-n4c5cc6ccccc6cc5c5c6ccccc6ccc54)nc(-c4cccc5ccccc45)n3)cc21. The van der Waals surface area contributed by atoms with Crippen LogP contribution in [-0.4, -0.2) is 19.5 Å². The third kappa shape index (κ3) is 6.40. The molecule has 4 nitrogen and oxygen atoms in total. The van der Waals surface area contributed by atoms with E-state index in [2.05, 4.69) is 236 Å². The van der Waals surface area contributed by atoms with Crippen LogP contribution in [0.15, 0.2) is 224 Å². The summed E-state index contributed by atoms with van der Waals surface area (Å²) >= 11 is 1.82. The molecule has 72 heavy (non-hydrogen) atoms. The molecular weight excluding hydrogens is 893 g/mol. The summed E-state index contributed by atoms with van der Waals surface area (Å²) in [6, 6.07) is 82.1. The Bertz CT molecular complexity index is 4520. The predicted molar refractivity (Wildman–Crippen MR) is 302 cm³/mol. The molecule has 15 rings (SSSR count). The van der Waals surface area contributed by atoms with Crippen LogP contribution >= 0.6 is 11.3 Å². The highest BCUT2D eigenvalue weighted by Gasteiger charge is 2.33. The van der Waals surface area contributed by atoms with Gasteiger partial charge in [-0.3, -0.25) is 0 Å². The van der Waals surface area contributed by atoms with Crippen LogP contribution in [0.5, 0.6) is 0 Å². The zero-order chi connectivity index (χ0) is 47.4. The van der Waals surface area contributed by atoms with Gasteiger partial charge in [-0.15, -0.1) is 11.3 Å². The van der Waals surface area contributed by atoms with Crippen LogP contribution in [0.4, 0.5) is 0 Å². The summed E-state index contributed by atoms with van der Waals surface area (Å²) in [5.41, 5.74) is 12.8. The fourth-order valence-electron chi connectivity index (χ4n) is 12.1. The van der Waals surface area contributed by atoms with E-state index in [0.29, 0.717) is 23.4 Å². The minimum Gasteiger partial charge on any atom is -0.308 e. The standard InChI is InChI=1S/C67H44N4S/c1-40(34-41-16-3-2-4-17-41)63-52-27-12-11-25-49(52)50-32-30-46(36-55(50)63)65-68-66(53-28-15-22-42-18-7-9-23-47(42)53)70-67(69-65)57-39-62-54(51-26-13-14-29-61(51)72-62)38-60(57)71-58-33-31-43-19-8-10-24-48(43)64(58)56-35-44-20-5-6-21-45(44)37-59(56)71/h2-33,35-40,63H,34H2,1H3. The molecule has 1 aliphatic rings. The lowest BCUT2D eigenvalue weighted by Crippen LogP contribution is -2.12. The molecule has 0 saturated heterocycles. The molecule has 2 atom stereocenters. The van der Waals surface area contributed by atoms with Gasteiger partial charge in [0.2, 0.25) is 0 Å². The number of benzene rings is 11. The number of nitrogens with zero attached hydrogens (tertiary/aromatic N) is 4. The average molecular weight is 937 g/mol. The summed E-state index contributed by atoms with van der Waals surface area (Å²) in [7, 11) is 0. The molecular formula is C67H44N4S. The maximum absolute atomic E-state index is 5.65. The topological polar surface area (TPSA) is 43.6 Å². The van der Waals surface area contributed by atoms with Crippen LogP contribution < -0.4 is 0 Å². The molecule has 0 fully saturated rings. The summed E-state index contributed by atoms with van der Waals surface area (Å²) < 4.78 is 4.92. The Kier molecular flexibility index (Phi) is 9.20. The van der Waals surface area contributed by atoms with E-state index in [1.807, 2.05) is 11.3 Å². The monoisotopic (exact) mass is 936 g/mol. The van der Waals surface area contributed by atoms with E-state index in [9.17, 15) is 0 Å². The van der Waals surface area contributed by atoms with Gasteiger partial charge in [-0.1, -0.05) is 189 Å². The minimum absolute atomic E-state index is 0.208. The highest BCUT2D eigenvalue weighted by atomic mass is 32.1. The van der Waals surface area contributed by atoms with E-state index in [1.54, 1.807) is 0 Å². The second-order valence-corrected chi connectivity index (χ2v) is 20.6. The van der Waals surface area contributed by atoms with Gasteiger partial charge in [0.15, 0.2) is 17.5 Å². The summed E-state index contributed by atoms with van der Waals surface area (Å²) in [4.78, 5) is 16.7. The van der Waals surface area contributed by atoms with Gasteiger partial charge >= 0.3 is 0 Å². The van der Waals surface area contributed by atoms with Crippen molar-refractivity contribution in [3.05, 3.63) is 241 Å². The molecule has 2 unspecified atom stereocenters. The normalized spacial score (nSPS) is 13.8. The summed E-state index contributed by atoms with van der Waals surface area (Å²) in [6.07, 6.45) is 0.974. The zero-order valence-electron chi connectivity index (χ0n) is 39.4. The van der Waals surface area contributed by atoms with Crippen LogP contribution in [-0.2, 0) is 6.42 Å². The van der Waals surface area contributed by atoms with Crippen LogP contribution in [0.2, 0.25) is 0 Å². The fraction of sp³-hybridized carbons (Fsp3) is 0.0597. The molecule has 0 radical (unpaired) electrons. The average Bonchev–Trinajstić information content (AvgIpc) is 4.08. The largest absolute Gasteiger partial charge is 0.308 e. The van der Waals surface area contributed by atoms with Gasteiger partial charge in [0.05, 0.1) is 16.7 Å². The Hall–Kier alpha value is -8.77. The third-order valence-electron chi connectivity index (χ3n) is 15.4. The lowest BCUT2D eigenvalue weighted by molar-refractivity contribution is 0.517. The molecule has 0 bridgehead atoms. The Morgan fingerprint density at radius 2 is 1.06 bits per heavy atom. The molecule has 338 valence electrons. The second kappa shape index (κ2) is 16.1. The summed E-state index contributed by atoms with van der Waals surface area (Å²) in [6.45, 7) is 2.40. The predicted octanol–water partition coefficient (Wildman–Crippen LogP) is 17.8. The molecule has 0 spiro atoms. The molecule has 3 aromatic heterocycles. The van der Waals surface area contributed by atoms with Crippen molar-refractivity contribution in [2.75, 3.05) is 0 Å². The Balaban J connectivity index is 1.02. The Morgan fingerprint density at radius 3 is 1.90 bits per heavy atom. The van der Waals surface area contributed by atoms with Crippen LogP contribution in [0.3, 0.4) is 0 Å². The van der Waals surface area contributed by atoms with E-state index in [4.69, 9.17) is 15.0 Å². The maximum Gasteiger partial charge on any atom is 0.166 e. The highest BCUT2D eigenvalue weighted by Crippen LogP contribution is 2.50. The van der Waals surface area contributed by atoms with Crippen LogP contribution in [0.25, 0.3) is 125 Å². The Labute approximate surface area is 420 Å². The molecule has 0 amide bonds. The van der Waals surface area contributed by atoms with E-state index in [-0.39, 0.29) is 5.92 Å². The zero-order valence-corrected chi connectivity index (χ0v) is 40.2. The van der Waals surface area contributed by atoms with E-state index < -0.39 is 0 Å². The van der Waals surface area contributed by atoms with Crippen molar-refractivity contribution < 1.29 is 0 Å². The third-order valence-corrected chi connectivity index (χ3v) is 16.5. The number of aromatic nitrogens is 4. The fourth-order valence-corrected chi connectivity index (χ4v) is 13.3. The molecule has 0 saturated carbocycles.